The maximum Gasteiger partial charge on any atom is 0.223 e. The van der Waals surface area contributed by atoms with Crippen LogP contribution in [0.1, 0.15) is 31.2 Å². The van der Waals surface area contributed by atoms with Crippen molar-refractivity contribution in [2.24, 2.45) is 5.92 Å². The second kappa shape index (κ2) is 10.6. The SMILES string of the molecule is CN(CCOc1cccc(CNC(=O)C2CCNCC2)c1)C1CCOCC1. The molecule has 0 aromatic heterocycles. The summed E-state index contributed by atoms with van der Waals surface area (Å²) in [6.07, 6.45) is 4.05. The van der Waals surface area contributed by atoms with E-state index in [0.29, 0.717) is 19.2 Å². The van der Waals surface area contributed by atoms with Gasteiger partial charge in [-0.25, -0.2) is 0 Å². The zero-order valence-electron chi connectivity index (χ0n) is 16.4. The summed E-state index contributed by atoms with van der Waals surface area (Å²) in [5.74, 6) is 1.18. The minimum atomic E-state index is 0.145. The van der Waals surface area contributed by atoms with E-state index in [2.05, 4.69) is 22.6 Å². The molecule has 2 fully saturated rings. The Morgan fingerprint density at radius 3 is 2.81 bits per heavy atom. The Balaban J connectivity index is 1.39. The minimum absolute atomic E-state index is 0.145. The number of nitrogens with zero attached hydrogens (tertiary/aromatic N) is 1. The molecule has 0 atom stereocenters. The van der Waals surface area contributed by atoms with E-state index in [1.807, 2.05) is 24.3 Å². The molecule has 1 aromatic rings. The van der Waals surface area contributed by atoms with Gasteiger partial charge < -0.3 is 20.1 Å². The number of rotatable bonds is 8. The van der Waals surface area contributed by atoms with Crippen molar-refractivity contribution < 1.29 is 14.3 Å². The van der Waals surface area contributed by atoms with E-state index in [0.717, 1.165) is 69.8 Å². The lowest BCUT2D eigenvalue weighted by Crippen LogP contribution is -2.38. The second-order valence-corrected chi connectivity index (χ2v) is 7.56. The molecule has 0 spiro atoms. The Hall–Kier alpha value is -1.63. The summed E-state index contributed by atoms with van der Waals surface area (Å²) in [6, 6.07) is 8.62. The quantitative estimate of drug-likeness (QED) is 0.725. The summed E-state index contributed by atoms with van der Waals surface area (Å²) >= 11 is 0. The van der Waals surface area contributed by atoms with Crippen molar-refractivity contribution in [3.8, 4) is 5.75 Å². The summed E-state index contributed by atoms with van der Waals surface area (Å²) in [5, 5.41) is 6.36. The lowest BCUT2D eigenvalue weighted by molar-refractivity contribution is -0.125. The molecule has 6 nitrogen and oxygen atoms in total. The Bertz CT molecular complexity index is 584. The van der Waals surface area contributed by atoms with E-state index in [1.54, 1.807) is 0 Å². The summed E-state index contributed by atoms with van der Waals surface area (Å²) in [7, 11) is 2.16. The molecule has 0 bridgehead atoms. The highest BCUT2D eigenvalue weighted by atomic mass is 16.5. The standard InChI is InChI=1S/C21H33N3O3/c1-24(19-7-12-26-13-8-19)11-14-27-20-4-2-3-17(15-20)16-23-21(25)18-5-9-22-10-6-18/h2-4,15,18-19,22H,5-14,16H2,1H3,(H,23,25). The first kappa shape index (κ1) is 20.1. The topological polar surface area (TPSA) is 62.8 Å². The Labute approximate surface area is 162 Å². The van der Waals surface area contributed by atoms with Crippen LogP contribution in [0.5, 0.6) is 5.75 Å². The zero-order chi connectivity index (χ0) is 18.9. The lowest BCUT2D eigenvalue weighted by atomic mass is 9.97. The molecule has 1 amide bonds. The third-order valence-electron chi connectivity index (χ3n) is 5.60. The molecule has 0 aliphatic carbocycles. The van der Waals surface area contributed by atoms with Gasteiger partial charge in [-0.05, 0) is 63.5 Å². The van der Waals surface area contributed by atoms with Crippen LogP contribution in [0.2, 0.25) is 0 Å². The van der Waals surface area contributed by atoms with Gasteiger partial charge in [0.05, 0.1) is 0 Å². The highest BCUT2D eigenvalue weighted by Gasteiger charge is 2.20. The fourth-order valence-electron chi connectivity index (χ4n) is 3.78. The average Bonchev–Trinajstić information content (AvgIpc) is 2.73. The average molecular weight is 376 g/mol. The molecule has 2 saturated heterocycles. The predicted molar refractivity (Wildman–Crippen MR) is 106 cm³/mol. The number of hydrogen-bond donors (Lipinski definition) is 2. The second-order valence-electron chi connectivity index (χ2n) is 7.56. The van der Waals surface area contributed by atoms with Crippen molar-refractivity contribution in [3.63, 3.8) is 0 Å². The minimum Gasteiger partial charge on any atom is -0.492 e. The summed E-state index contributed by atoms with van der Waals surface area (Å²) in [4.78, 5) is 14.6. The van der Waals surface area contributed by atoms with Gasteiger partial charge in [-0.1, -0.05) is 12.1 Å². The largest absolute Gasteiger partial charge is 0.492 e. The highest BCUT2D eigenvalue weighted by molar-refractivity contribution is 5.78. The van der Waals surface area contributed by atoms with E-state index in [4.69, 9.17) is 9.47 Å². The molecule has 27 heavy (non-hydrogen) atoms. The normalized spacial score (nSPS) is 19.2. The van der Waals surface area contributed by atoms with Crippen LogP contribution in [0.4, 0.5) is 0 Å². The van der Waals surface area contributed by atoms with Gasteiger partial charge >= 0.3 is 0 Å². The van der Waals surface area contributed by atoms with Crippen molar-refractivity contribution in [3.05, 3.63) is 29.8 Å². The van der Waals surface area contributed by atoms with Gasteiger partial charge in [0.25, 0.3) is 0 Å². The first-order chi connectivity index (χ1) is 13.2. The van der Waals surface area contributed by atoms with Crippen LogP contribution < -0.4 is 15.4 Å². The number of benzene rings is 1. The van der Waals surface area contributed by atoms with Gasteiger partial charge in [0.1, 0.15) is 12.4 Å². The van der Waals surface area contributed by atoms with Gasteiger partial charge in [0.15, 0.2) is 0 Å². The van der Waals surface area contributed by atoms with Crippen LogP contribution in [0.3, 0.4) is 0 Å². The van der Waals surface area contributed by atoms with Crippen molar-refractivity contribution in [2.45, 2.75) is 38.3 Å². The van der Waals surface area contributed by atoms with Gasteiger partial charge in [-0.2, -0.15) is 0 Å². The monoisotopic (exact) mass is 375 g/mol. The number of carbonyl (C=O) groups excluding carboxylic acids is 1. The number of piperidine rings is 1. The Morgan fingerprint density at radius 2 is 2.04 bits per heavy atom. The molecule has 2 N–H and O–H groups in total. The lowest BCUT2D eigenvalue weighted by Gasteiger charge is -2.31. The van der Waals surface area contributed by atoms with Crippen molar-refractivity contribution >= 4 is 5.91 Å². The number of amides is 1. The van der Waals surface area contributed by atoms with E-state index in [-0.39, 0.29) is 11.8 Å². The number of hydrogen-bond acceptors (Lipinski definition) is 5. The molecule has 0 unspecified atom stereocenters. The van der Waals surface area contributed by atoms with Gasteiger partial charge in [-0.15, -0.1) is 0 Å². The predicted octanol–water partition coefficient (Wildman–Crippen LogP) is 1.79. The molecule has 3 rings (SSSR count). The fraction of sp³-hybridized carbons (Fsp3) is 0.667. The maximum atomic E-state index is 12.3. The van der Waals surface area contributed by atoms with Crippen LogP contribution in [-0.4, -0.2) is 63.4 Å². The van der Waals surface area contributed by atoms with E-state index >= 15 is 0 Å². The fourth-order valence-corrected chi connectivity index (χ4v) is 3.78. The van der Waals surface area contributed by atoms with Gasteiger partial charge in [-0.3, -0.25) is 9.69 Å². The van der Waals surface area contributed by atoms with Crippen molar-refractivity contribution in [1.29, 1.82) is 0 Å². The molecule has 6 heteroatoms. The molecule has 0 saturated carbocycles. The van der Waals surface area contributed by atoms with Crippen LogP contribution in [0.25, 0.3) is 0 Å². The maximum absolute atomic E-state index is 12.3. The molecule has 150 valence electrons. The smallest absolute Gasteiger partial charge is 0.223 e. The van der Waals surface area contributed by atoms with Crippen molar-refractivity contribution in [2.75, 3.05) is 46.5 Å². The van der Waals surface area contributed by atoms with Crippen LogP contribution in [0.15, 0.2) is 24.3 Å². The van der Waals surface area contributed by atoms with E-state index in [1.165, 1.54) is 0 Å². The first-order valence-electron chi connectivity index (χ1n) is 10.2. The third-order valence-corrected chi connectivity index (χ3v) is 5.60. The summed E-state index contributed by atoms with van der Waals surface area (Å²) < 4.78 is 11.4. The van der Waals surface area contributed by atoms with E-state index in [9.17, 15) is 4.79 Å². The summed E-state index contributed by atoms with van der Waals surface area (Å²) in [6.45, 7) is 5.72. The van der Waals surface area contributed by atoms with Crippen molar-refractivity contribution in [1.82, 2.24) is 15.5 Å². The Morgan fingerprint density at radius 1 is 1.26 bits per heavy atom. The van der Waals surface area contributed by atoms with E-state index < -0.39 is 0 Å². The van der Waals surface area contributed by atoms with Crippen LogP contribution in [-0.2, 0) is 16.1 Å². The van der Waals surface area contributed by atoms with Gasteiger partial charge in [0, 0.05) is 38.3 Å². The molecule has 2 heterocycles. The first-order valence-corrected chi connectivity index (χ1v) is 10.2. The summed E-state index contributed by atoms with van der Waals surface area (Å²) in [5.41, 5.74) is 1.08. The molecule has 2 aliphatic heterocycles. The van der Waals surface area contributed by atoms with Crippen LogP contribution in [0, 0.1) is 5.92 Å². The molecule has 2 aliphatic rings. The number of likely N-dealkylation sites (N-methyl/N-ethyl adjacent to an activating group) is 1. The zero-order valence-corrected chi connectivity index (χ0v) is 16.4. The molecular weight excluding hydrogens is 342 g/mol. The molecule has 0 radical (unpaired) electrons. The number of nitrogens with one attached hydrogen (secondary N) is 2. The van der Waals surface area contributed by atoms with Crippen LogP contribution >= 0.6 is 0 Å². The Kier molecular flexibility index (Phi) is 7.93. The molecular formula is C21H33N3O3. The highest BCUT2D eigenvalue weighted by Crippen LogP contribution is 2.16. The third kappa shape index (κ3) is 6.48. The number of carbonyl (C=O) groups is 1. The molecule has 1 aromatic carbocycles. The number of ether oxygens (including phenoxy) is 2. The van der Waals surface area contributed by atoms with Gasteiger partial charge in [0.2, 0.25) is 5.91 Å².